The summed E-state index contributed by atoms with van der Waals surface area (Å²) in [7, 11) is 1.53. The van der Waals surface area contributed by atoms with Crippen LogP contribution in [-0.2, 0) is 13.8 Å². The first-order valence-corrected chi connectivity index (χ1v) is 8.85. The van der Waals surface area contributed by atoms with E-state index in [4.69, 9.17) is 15.4 Å². The van der Waals surface area contributed by atoms with Crippen molar-refractivity contribution in [2.45, 2.75) is 44.6 Å². The molecule has 7 heteroatoms. The third-order valence-corrected chi connectivity index (χ3v) is 4.62. The van der Waals surface area contributed by atoms with Gasteiger partial charge in [0.25, 0.3) is 15.0 Å². The van der Waals surface area contributed by atoms with E-state index in [0.29, 0.717) is 11.3 Å². The molecule has 0 atom stereocenters. The topological polar surface area (TPSA) is 72.5 Å². The molecule has 21 heavy (non-hydrogen) atoms. The molecular weight excluding hydrogens is 314 g/mol. The van der Waals surface area contributed by atoms with E-state index in [1.807, 2.05) is 20.8 Å². The van der Waals surface area contributed by atoms with E-state index >= 15 is 0 Å². The largest absolute Gasteiger partial charge is 0.484 e. The molecule has 1 aromatic carbocycles. The number of carbonyl (C=O) groups is 1. The van der Waals surface area contributed by atoms with Gasteiger partial charge >= 0.3 is 0 Å². The van der Waals surface area contributed by atoms with Gasteiger partial charge in [-0.05, 0) is 51.0 Å². The smallest absolute Gasteiger partial charge is 0.261 e. The van der Waals surface area contributed by atoms with E-state index in [-0.39, 0.29) is 22.9 Å². The average molecular weight is 334 g/mol. The fraction of sp³-hybridized carbons (Fsp3) is 0.500. The van der Waals surface area contributed by atoms with Gasteiger partial charge in [-0.3, -0.25) is 4.79 Å². The molecule has 0 aromatic heterocycles. The SMILES string of the molecule is CCC(C)(C)NC(=O)COc1ccc(S(=O)(=O)Cl)c(C)c1. The lowest BCUT2D eigenvalue weighted by Gasteiger charge is -2.24. The summed E-state index contributed by atoms with van der Waals surface area (Å²) in [6.45, 7) is 7.32. The Kier molecular flexibility index (Phi) is 5.64. The van der Waals surface area contributed by atoms with Gasteiger partial charge in [0.05, 0.1) is 4.90 Å². The van der Waals surface area contributed by atoms with Crippen LogP contribution in [0.25, 0.3) is 0 Å². The zero-order chi connectivity index (χ0) is 16.3. The monoisotopic (exact) mass is 333 g/mol. The first-order valence-electron chi connectivity index (χ1n) is 6.54. The van der Waals surface area contributed by atoms with Crippen LogP contribution >= 0.6 is 10.7 Å². The zero-order valence-corrected chi connectivity index (χ0v) is 14.1. The second-order valence-corrected chi connectivity index (χ2v) is 7.97. The Morgan fingerprint density at radius 3 is 2.48 bits per heavy atom. The molecule has 1 N–H and O–H groups in total. The first kappa shape index (κ1) is 17.8. The summed E-state index contributed by atoms with van der Waals surface area (Å²) in [5.74, 6) is 0.189. The minimum atomic E-state index is -3.77. The molecule has 0 unspecified atom stereocenters. The number of hydrogen-bond acceptors (Lipinski definition) is 4. The number of carbonyl (C=O) groups excluding carboxylic acids is 1. The molecule has 0 bridgehead atoms. The van der Waals surface area contributed by atoms with Crippen LogP contribution in [0, 0.1) is 6.92 Å². The highest BCUT2D eigenvalue weighted by Gasteiger charge is 2.18. The number of hydrogen-bond donors (Lipinski definition) is 1. The number of amides is 1. The van der Waals surface area contributed by atoms with Crippen LogP contribution in [0.5, 0.6) is 5.75 Å². The second kappa shape index (κ2) is 6.66. The van der Waals surface area contributed by atoms with E-state index < -0.39 is 9.05 Å². The minimum absolute atomic E-state index is 0.0353. The van der Waals surface area contributed by atoms with Gasteiger partial charge in [0.2, 0.25) is 0 Å². The van der Waals surface area contributed by atoms with Crippen LogP contribution in [0.4, 0.5) is 0 Å². The Hall–Kier alpha value is -1.27. The predicted octanol–water partition coefficient (Wildman–Crippen LogP) is 2.61. The molecule has 0 fully saturated rings. The number of rotatable bonds is 6. The molecule has 0 radical (unpaired) electrons. The molecule has 1 amide bonds. The maximum atomic E-state index is 11.7. The Morgan fingerprint density at radius 2 is 2.00 bits per heavy atom. The molecule has 0 saturated carbocycles. The Morgan fingerprint density at radius 1 is 1.38 bits per heavy atom. The number of halogens is 1. The maximum Gasteiger partial charge on any atom is 0.261 e. The van der Waals surface area contributed by atoms with Crippen molar-refractivity contribution in [2.24, 2.45) is 0 Å². The van der Waals surface area contributed by atoms with Gasteiger partial charge < -0.3 is 10.1 Å². The van der Waals surface area contributed by atoms with Crippen molar-refractivity contribution in [2.75, 3.05) is 6.61 Å². The van der Waals surface area contributed by atoms with Crippen LogP contribution in [-0.4, -0.2) is 26.5 Å². The third kappa shape index (κ3) is 5.55. The maximum absolute atomic E-state index is 11.7. The molecule has 1 aromatic rings. The number of benzene rings is 1. The van der Waals surface area contributed by atoms with Crippen molar-refractivity contribution in [3.63, 3.8) is 0 Å². The summed E-state index contributed by atoms with van der Waals surface area (Å²) in [5, 5.41) is 2.85. The van der Waals surface area contributed by atoms with Gasteiger partial charge in [-0.2, -0.15) is 0 Å². The van der Waals surface area contributed by atoms with Crippen molar-refractivity contribution in [1.29, 1.82) is 0 Å². The van der Waals surface area contributed by atoms with E-state index in [2.05, 4.69) is 5.32 Å². The van der Waals surface area contributed by atoms with Gasteiger partial charge in [0.15, 0.2) is 6.61 Å². The van der Waals surface area contributed by atoms with E-state index in [9.17, 15) is 13.2 Å². The molecule has 0 spiro atoms. The zero-order valence-electron chi connectivity index (χ0n) is 12.6. The van der Waals surface area contributed by atoms with Gasteiger partial charge in [-0.1, -0.05) is 6.92 Å². The number of aryl methyl sites for hydroxylation is 1. The standard InChI is InChI=1S/C14H20ClNO4S/c1-5-14(3,4)16-13(17)9-20-11-6-7-12(10(2)8-11)21(15,18)19/h6-8H,5,9H2,1-4H3,(H,16,17). The van der Waals surface area contributed by atoms with Crippen molar-refractivity contribution in [3.8, 4) is 5.75 Å². The first-order chi connectivity index (χ1) is 9.55. The summed E-state index contributed by atoms with van der Waals surface area (Å²) in [5.41, 5.74) is 0.184. The van der Waals surface area contributed by atoms with E-state index in [0.717, 1.165) is 6.42 Å². The van der Waals surface area contributed by atoms with E-state index in [1.54, 1.807) is 6.92 Å². The highest BCUT2D eigenvalue weighted by molar-refractivity contribution is 8.13. The van der Waals surface area contributed by atoms with Gasteiger partial charge in [0.1, 0.15) is 5.75 Å². The van der Waals surface area contributed by atoms with Crippen molar-refractivity contribution in [3.05, 3.63) is 23.8 Å². The van der Waals surface area contributed by atoms with Gasteiger partial charge in [0, 0.05) is 16.2 Å². The molecule has 0 saturated heterocycles. The predicted molar refractivity (Wildman–Crippen MR) is 82.2 cm³/mol. The van der Waals surface area contributed by atoms with Crippen molar-refractivity contribution in [1.82, 2.24) is 5.32 Å². The number of ether oxygens (including phenoxy) is 1. The minimum Gasteiger partial charge on any atom is -0.484 e. The van der Waals surface area contributed by atoms with Gasteiger partial charge in [-0.15, -0.1) is 0 Å². The fourth-order valence-corrected chi connectivity index (χ4v) is 2.83. The summed E-state index contributed by atoms with van der Waals surface area (Å²) in [6.07, 6.45) is 0.806. The summed E-state index contributed by atoms with van der Waals surface area (Å²) in [6, 6.07) is 4.37. The van der Waals surface area contributed by atoms with Crippen LogP contribution in [0.3, 0.4) is 0 Å². The molecule has 118 valence electrons. The highest BCUT2D eigenvalue weighted by atomic mass is 35.7. The summed E-state index contributed by atoms with van der Waals surface area (Å²) in [4.78, 5) is 11.8. The molecule has 0 aliphatic carbocycles. The average Bonchev–Trinajstić information content (AvgIpc) is 2.34. The van der Waals surface area contributed by atoms with Crippen LogP contribution in [0.15, 0.2) is 23.1 Å². The lowest BCUT2D eigenvalue weighted by Crippen LogP contribution is -2.44. The quantitative estimate of drug-likeness (QED) is 0.812. The van der Waals surface area contributed by atoms with Crippen LogP contribution < -0.4 is 10.1 Å². The molecule has 1 rings (SSSR count). The molecule has 0 aliphatic heterocycles. The lowest BCUT2D eigenvalue weighted by molar-refractivity contribution is -0.124. The molecular formula is C14H20ClNO4S. The number of nitrogens with one attached hydrogen (secondary N) is 1. The van der Waals surface area contributed by atoms with Crippen molar-refractivity contribution < 1.29 is 17.9 Å². The molecule has 0 aliphatic rings. The Bertz CT molecular complexity index is 626. The van der Waals surface area contributed by atoms with Crippen molar-refractivity contribution >= 4 is 25.6 Å². The van der Waals surface area contributed by atoms with Crippen LogP contribution in [0.1, 0.15) is 32.8 Å². The highest BCUT2D eigenvalue weighted by Crippen LogP contribution is 2.23. The molecule has 0 heterocycles. The third-order valence-electron chi connectivity index (χ3n) is 3.14. The lowest BCUT2D eigenvalue weighted by atomic mass is 10.0. The summed E-state index contributed by atoms with van der Waals surface area (Å²) < 4.78 is 27.9. The fourth-order valence-electron chi connectivity index (χ4n) is 1.64. The summed E-state index contributed by atoms with van der Waals surface area (Å²) >= 11 is 0. The van der Waals surface area contributed by atoms with E-state index in [1.165, 1.54) is 18.2 Å². The molecule has 5 nitrogen and oxygen atoms in total. The second-order valence-electron chi connectivity index (χ2n) is 5.44. The Labute approximate surface area is 130 Å². The normalized spacial score (nSPS) is 12.0. The van der Waals surface area contributed by atoms with Crippen LogP contribution in [0.2, 0.25) is 0 Å². The Balaban J connectivity index is 2.70. The van der Waals surface area contributed by atoms with Gasteiger partial charge in [-0.25, -0.2) is 8.42 Å².